The zero-order valence-corrected chi connectivity index (χ0v) is 15.8. The van der Waals surface area contributed by atoms with Crippen LogP contribution in [0.3, 0.4) is 0 Å². The second-order valence-corrected chi connectivity index (χ2v) is 9.26. The van der Waals surface area contributed by atoms with Gasteiger partial charge >= 0.3 is 6.09 Å². The summed E-state index contributed by atoms with van der Waals surface area (Å²) in [5.41, 5.74) is 0.115. The third-order valence-electron chi connectivity index (χ3n) is 4.00. The van der Waals surface area contributed by atoms with Crippen molar-refractivity contribution in [3.63, 3.8) is 0 Å². The Balaban J connectivity index is 1.53. The summed E-state index contributed by atoms with van der Waals surface area (Å²) in [5.74, 6) is 0. The maximum absolute atomic E-state index is 12.6. The minimum atomic E-state index is -1.35. The number of ether oxygens (including phenoxy) is 1. The third-order valence-corrected chi connectivity index (χ3v) is 5.64. The van der Waals surface area contributed by atoms with E-state index in [1.807, 2.05) is 25.1 Å². The second-order valence-electron chi connectivity index (χ2n) is 7.47. The Bertz CT molecular complexity index is 692. The van der Waals surface area contributed by atoms with Gasteiger partial charge in [0, 0.05) is 31.6 Å². The van der Waals surface area contributed by atoms with E-state index >= 15 is 0 Å². The van der Waals surface area contributed by atoms with Gasteiger partial charge in [-0.05, 0) is 27.7 Å². The molecular weight excluding hydrogens is 352 g/mol. The van der Waals surface area contributed by atoms with Crippen LogP contribution >= 0.6 is 11.6 Å². The first-order valence-electron chi connectivity index (χ1n) is 7.73. The van der Waals surface area contributed by atoms with E-state index in [0.717, 1.165) is 0 Å². The van der Waals surface area contributed by atoms with Crippen LogP contribution in [0.15, 0.2) is 11.2 Å². The van der Waals surface area contributed by atoms with Crippen molar-refractivity contribution >= 4 is 28.7 Å². The van der Waals surface area contributed by atoms with Crippen LogP contribution in [0, 0.1) is 12.3 Å². The lowest BCUT2D eigenvalue weighted by atomic mass is 9.75. The van der Waals surface area contributed by atoms with Crippen molar-refractivity contribution in [1.29, 1.82) is 0 Å². The molecule has 3 heterocycles. The van der Waals surface area contributed by atoms with Crippen LogP contribution in [0.1, 0.15) is 26.5 Å². The molecule has 1 amide bonds. The van der Waals surface area contributed by atoms with Crippen molar-refractivity contribution in [2.75, 3.05) is 26.2 Å². The number of amides is 1. The summed E-state index contributed by atoms with van der Waals surface area (Å²) < 4.78 is 19.8. The number of halogens is 1. The van der Waals surface area contributed by atoms with Crippen molar-refractivity contribution in [3.05, 3.63) is 17.0 Å². The van der Waals surface area contributed by atoms with E-state index in [0.29, 0.717) is 42.1 Å². The number of hydrogen-bond donors (Lipinski definition) is 0. The highest BCUT2D eigenvalue weighted by Crippen LogP contribution is 2.41. The molecule has 1 aromatic heterocycles. The van der Waals surface area contributed by atoms with E-state index in [9.17, 15) is 9.00 Å². The molecule has 0 radical (unpaired) electrons. The SMILES string of the molecule is Cc1nc(Cl)cnc1S(=O)N1CC2(CN(C(=O)OC(C)(C)C)C2)C1. The first-order chi connectivity index (χ1) is 11.1. The van der Waals surface area contributed by atoms with Crippen LogP contribution in [0.2, 0.25) is 5.15 Å². The Morgan fingerprint density at radius 2 is 1.96 bits per heavy atom. The van der Waals surface area contributed by atoms with Gasteiger partial charge in [0.25, 0.3) is 0 Å². The lowest BCUT2D eigenvalue weighted by Crippen LogP contribution is -2.73. The minimum Gasteiger partial charge on any atom is -0.444 e. The summed E-state index contributed by atoms with van der Waals surface area (Å²) >= 11 is 5.78. The highest BCUT2D eigenvalue weighted by Gasteiger charge is 2.55. The quantitative estimate of drug-likeness (QED) is 0.793. The van der Waals surface area contributed by atoms with Gasteiger partial charge in [0.05, 0.1) is 11.9 Å². The van der Waals surface area contributed by atoms with Crippen molar-refractivity contribution < 1.29 is 13.7 Å². The van der Waals surface area contributed by atoms with E-state index in [4.69, 9.17) is 16.3 Å². The lowest BCUT2D eigenvalue weighted by Gasteiger charge is -2.58. The molecule has 0 N–H and O–H groups in total. The van der Waals surface area contributed by atoms with Gasteiger partial charge in [-0.25, -0.2) is 23.3 Å². The van der Waals surface area contributed by atoms with Gasteiger partial charge in [0.2, 0.25) is 0 Å². The van der Waals surface area contributed by atoms with Gasteiger partial charge in [-0.1, -0.05) is 11.6 Å². The number of carbonyl (C=O) groups is 1. The molecule has 2 fully saturated rings. The summed E-state index contributed by atoms with van der Waals surface area (Å²) in [6.07, 6.45) is 1.12. The highest BCUT2D eigenvalue weighted by molar-refractivity contribution is 7.82. The lowest BCUT2D eigenvalue weighted by molar-refractivity contribution is -0.0827. The monoisotopic (exact) mass is 372 g/mol. The smallest absolute Gasteiger partial charge is 0.410 e. The van der Waals surface area contributed by atoms with Crippen LogP contribution in [0.4, 0.5) is 4.79 Å². The molecular formula is C15H21ClN4O3S. The molecule has 1 unspecified atom stereocenters. The number of carbonyl (C=O) groups excluding carboxylic acids is 1. The third kappa shape index (κ3) is 3.41. The fourth-order valence-corrected chi connectivity index (χ4v) is 4.62. The van der Waals surface area contributed by atoms with E-state index in [1.54, 1.807) is 11.8 Å². The molecule has 0 aromatic carbocycles. The molecule has 2 aliphatic heterocycles. The number of likely N-dealkylation sites (tertiary alicyclic amines) is 1. The Hall–Kier alpha value is -1.25. The van der Waals surface area contributed by atoms with Crippen LogP contribution in [-0.4, -0.2) is 61.3 Å². The second kappa shape index (κ2) is 5.93. The summed E-state index contributed by atoms with van der Waals surface area (Å²) in [4.78, 5) is 21.9. The Morgan fingerprint density at radius 1 is 1.33 bits per heavy atom. The average molecular weight is 373 g/mol. The predicted molar refractivity (Wildman–Crippen MR) is 90.0 cm³/mol. The predicted octanol–water partition coefficient (Wildman–Crippen LogP) is 2.01. The van der Waals surface area contributed by atoms with Crippen LogP contribution in [0.5, 0.6) is 0 Å². The number of hydrogen-bond acceptors (Lipinski definition) is 5. The molecule has 9 heteroatoms. The van der Waals surface area contributed by atoms with Gasteiger partial charge in [0.15, 0.2) is 5.03 Å². The molecule has 7 nitrogen and oxygen atoms in total. The Kier molecular flexibility index (Phi) is 4.34. The van der Waals surface area contributed by atoms with Crippen LogP contribution in [0.25, 0.3) is 0 Å². The molecule has 2 saturated heterocycles. The van der Waals surface area contributed by atoms with Gasteiger partial charge < -0.3 is 9.64 Å². The zero-order valence-electron chi connectivity index (χ0n) is 14.2. The topological polar surface area (TPSA) is 75.6 Å². The molecule has 132 valence electrons. The molecule has 0 saturated carbocycles. The average Bonchev–Trinajstić information content (AvgIpc) is 2.32. The number of nitrogens with zero attached hydrogens (tertiary/aromatic N) is 4. The molecule has 0 bridgehead atoms. The van der Waals surface area contributed by atoms with Gasteiger partial charge in [-0.2, -0.15) is 0 Å². The fourth-order valence-electron chi connectivity index (χ4n) is 2.97. The zero-order chi connectivity index (χ0) is 17.7. The van der Waals surface area contributed by atoms with E-state index in [2.05, 4.69) is 9.97 Å². The summed E-state index contributed by atoms with van der Waals surface area (Å²) in [6.45, 7) is 9.92. The van der Waals surface area contributed by atoms with Crippen molar-refractivity contribution in [1.82, 2.24) is 19.2 Å². The molecule has 1 spiro atoms. The molecule has 0 aliphatic carbocycles. The number of rotatable bonds is 2. The van der Waals surface area contributed by atoms with Crippen molar-refractivity contribution in [2.24, 2.45) is 5.41 Å². The highest BCUT2D eigenvalue weighted by atomic mass is 35.5. The molecule has 24 heavy (non-hydrogen) atoms. The van der Waals surface area contributed by atoms with E-state index < -0.39 is 16.6 Å². The van der Waals surface area contributed by atoms with Gasteiger partial charge in [-0.15, -0.1) is 0 Å². The van der Waals surface area contributed by atoms with Gasteiger partial charge in [-0.3, -0.25) is 0 Å². The fraction of sp³-hybridized carbons (Fsp3) is 0.667. The summed E-state index contributed by atoms with van der Waals surface area (Å²) in [7, 11) is -1.35. The standard InChI is InChI=1S/C15H21ClN4O3S/c1-10-12(17-5-11(16)18-10)24(22)20-8-15(9-20)6-19(7-15)13(21)23-14(2,3)4/h5H,6-9H2,1-4H3. The van der Waals surface area contributed by atoms with Crippen molar-refractivity contribution in [2.45, 2.75) is 38.3 Å². The minimum absolute atomic E-state index is 0.0281. The normalized spacial score (nSPS) is 21.1. The van der Waals surface area contributed by atoms with E-state index in [1.165, 1.54) is 6.20 Å². The first-order valence-corrected chi connectivity index (χ1v) is 9.21. The van der Waals surface area contributed by atoms with Crippen molar-refractivity contribution in [3.8, 4) is 0 Å². The largest absolute Gasteiger partial charge is 0.444 e. The summed E-state index contributed by atoms with van der Waals surface area (Å²) in [6, 6.07) is 0. The number of aryl methyl sites for hydroxylation is 1. The Morgan fingerprint density at radius 3 is 2.50 bits per heavy atom. The molecule has 3 rings (SSSR count). The number of aromatic nitrogens is 2. The first kappa shape index (κ1) is 17.6. The molecule has 1 atom stereocenters. The molecule has 2 aliphatic rings. The maximum atomic E-state index is 12.6. The van der Waals surface area contributed by atoms with Crippen LogP contribution in [-0.2, 0) is 15.7 Å². The Labute approximate surface area is 148 Å². The summed E-state index contributed by atoms with van der Waals surface area (Å²) in [5, 5.41) is 0.734. The maximum Gasteiger partial charge on any atom is 0.410 e. The van der Waals surface area contributed by atoms with Gasteiger partial charge in [0.1, 0.15) is 21.7 Å². The molecule has 1 aromatic rings. The van der Waals surface area contributed by atoms with Crippen LogP contribution < -0.4 is 0 Å². The van der Waals surface area contributed by atoms with E-state index in [-0.39, 0.29) is 11.5 Å².